The van der Waals surface area contributed by atoms with Gasteiger partial charge in [-0.05, 0) is 32.9 Å². The summed E-state index contributed by atoms with van der Waals surface area (Å²) in [6.45, 7) is 7.93. The van der Waals surface area contributed by atoms with Crippen molar-refractivity contribution in [3.8, 4) is 0 Å². The molecule has 1 unspecified atom stereocenters. The van der Waals surface area contributed by atoms with Gasteiger partial charge in [0.05, 0.1) is 34.3 Å². The predicted octanol–water partition coefficient (Wildman–Crippen LogP) is 2.69. The minimum Gasteiger partial charge on any atom is -0.304 e. The third-order valence-electron chi connectivity index (χ3n) is 3.34. The molecule has 0 aliphatic carbocycles. The van der Waals surface area contributed by atoms with Crippen LogP contribution in [0.25, 0.3) is 0 Å². The maximum Gasteiger partial charge on any atom is 0.0934 e. The van der Waals surface area contributed by atoms with Crippen LogP contribution < -0.4 is 5.32 Å². The van der Waals surface area contributed by atoms with Crippen LogP contribution in [0.15, 0.2) is 12.3 Å². The Morgan fingerprint density at radius 3 is 2.70 bits per heavy atom. The lowest BCUT2D eigenvalue weighted by Crippen LogP contribution is -2.27. The molecule has 0 saturated carbocycles. The first-order valence-corrected chi connectivity index (χ1v) is 7.41. The molecule has 0 spiro atoms. The standard InChI is InChI=1S/C14H22ClN5/c1-5-7-16-13(12-8-10(3)18-19(12)4)14-11(15)9-17-20(14)6-2/h8-9,13,16H,5-7H2,1-4H3. The molecule has 0 aromatic carbocycles. The van der Waals surface area contributed by atoms with Crippen LogP contribution in [0.2, 0.25) is 5.02 Å². The van der Waals surface area contributed by atoms with Gasteiger partial charge < -0.3 is 5.32 Å². The van der Waals surface area contributed by atoms with Crippen molar-refractivity contribution < 1.29 is 0 Å². The fourth-order valence-electron chi connectivity index (χ4n) is 2.44. The van der Waals surface area contributed by atoms with E-state index in [-0.39, 0.29) is 6.04 Å². The Hall–Kier alpha value is -1.33. The Kier molecular flexibility index (Phi) is 4.83. The molecular formula is C14H22ClN5. The number of rotatable bonds is 6. The van der Waals surface area contributed by atoms with Crippen molar-refractivity contribution in [3.05, 3.63) is 34.4 Å². The van der Waals surface area contributed by atoms with Gasteiger partial charge in [0.25, 0.3) is 0 Å². The average Bonchev–Trinajstić information content (AvgIpc) is 2.94. The molecule has 5 nitrogen and oxygen atoms in total. The van der Waals surface area contributed by atoms with Crippen LogP contribution in [-0.2, 0) is 13.6 Å². The van der Waals surface area contributed by atoms with Gasteiger partial charge in [0.1, 0.15) is 0 Å². The van der Waals surface area contributed by atoms with Crippen molar-refractivity contribution >= 4 is 11.6 Å². The zero-order valence-corrected chi connectivity index (χ0v) is 13.3. The maximum absolute atomic E-state index is 6.35. The van der Waals surface area contributed by atoms with Gasteiger partial charge in [-0.25, -0.2) is 0 Å². The summed E-state index contributed by atoms with van der Waals surface area (Å²) in [6.07, 6.45) is 2.77. The maximum atomic E-state index is 6.35. The van der Waals surface area contributed by atoms with Crippen LogP contribution >= 0.6 is 11.6 Å². The van der Waals surface area contributed by atoms with Gasteiger partial charge in [0, 0.05) is 13.6 Å². The second-order valence-corrected chi connectivity index (χ2v) is 5.32. The van der Waals surface area contributed by atoms with Crippen molar-refractivity contribution in [2.75, 3.05) is 6.54 Å². The first kappa shape index (κ1) is 15.1. The lowest BCUT2D eigenvalue weighted by molar-refractivity contribution is 0.503. The summed E-state index contributed by atoms with van der Waals surface area (Å²) in [5, 5.41) is 13.0. The van der Waals surface area contributed by atoms with Crippen LogP contribution in [-0.4, -0.2) is 26.1 Å². The highest BCUT2D eigenvalue weighted by Crippen LogP contribution is 2.28. The topological polar surface area (TPSA) is 47.7 Å². The summed E-state index contributed by atoms with van der Waals surface area (Å²) in [5.74, 6) is 0. The number of hydrogen-bond donors (Lipinski definition) is 1. The molecule has 0 aliphatic heterocycles. The molecule has 2 aromatic heterocycles. The summed E-state index contributed by atoms with van der Waals surface area (Å²) in [4.78, 5) is 0. The first-order valence-electron chi connectivity index (χ1n) is 7.03. The van der Waals surface area contributed by atoms with Crippen LogP contribution in [0.3, 0.4) is 0 Å². The van der Waals surface area contributed by atoms with Gasteiger partial charge in [-0.3, -0.25) is 9.36 Å². The minimum atomic E-state index is 0.0103. The number of nitrogens with zero attached hydrogens (tertiary/aromatic N) is 4. The summed E-state index contributed by atoms with van der Waals surface area (Å²) in [5.41, 5.74) is 3.11. The molecule has 20 heavy (non-hydrogen) atoms. The molecule has 0 aliphatic rings. The molecule has 1 N–H and O–H groups in total. The highest BCUT2D eigenvalue weighted by atomic mass is 35.5. The smallest absolute Gasteiger partial charge is 0.0934 e. The third-order valence-corrected chi connectivity index (χ3v) is 3.63. The van der Waals surface area contributed by atoms with Gasteiger partial charge in [0.15, 0.2) is 0 Å². The molecule has 110 valence electrons. The molecule has 0 amide bonds. The fourth-order valence-corrected chi connectivity index (χ4v) is 2.69. The third kappa shape index (κ3) is 2.88. The van der Waals surface area contributed by atoms with Crippen LogP contribution in [0.4, 0.5) is 0 Å². The summed E-state index contributed by atoms with van der Waals surface area (Å²) < 4.78 is 3.85. The zero-order chi connectivity index (χ0) is 14.7. The number of hydrogen-bond acceptors (Lipinski definition) is 3. The molecular weight excluding hydrogens is 274 g/mol. The SMILES string of the molecule is CCCNC(c1cc(C)nn1C)c1c(Cl)cnn1CC. The lowest BCUT2D eigenvalue weighted by Gasteiger charge is -2.20. The average molecular weight is 296 g/mol. The molecule has 6 heteroatoms. The monoisotopic (exact) mass is 295 g/mol. The number of nitrogens with one attached hydrogen (secondary N) is 1. The molecule has 1 atom stereocenters. The Labute approximate surface area is 124 Å². The van der Waals surface area contributed by atoms with Gasteiger partial charge in [-0.2, -0.15) is 10.2 Å². The van der Waals surface area contributed by atoms with E-state index in [1.165, 1.54) is 0 Å². The van der Waals surface area contributed by atoms with E-state index in [9.17, 15) is 0 Å². The quantitative estimate of drug-likeness (QED) is 0.891. The predicted molar refractivity (Wildman–Crippen MR) is 81.0 cm³/mol. The van der Waals surface area contributed by atoms with Crippen molar-refractivity contribution in [2.24, 2.45) is 7.05 Å². The zero-order valence-electron chi connectivity index (χ0n) is 12.5. The van der Waals surface area contributed by atoms with E-state index in [1.54, 1.807) is 6.20 Å². The molecule has 0 bridgehead atoms. The molecule has 0 fully saturated rings. The highest BCUT2D eigenvalue weighted by molar-refractivity contribution is 6.31. The summed E-state index contributed by atoms with van der Waals surface area (Å²) in [6, 6.07) is 2.10. The van der Waals surface area contributed by atoms with E-state index in [2.05, 4.69) is 35.4 Å². The van der Waals surface area contributed by atoms with E-state index in [4.69, 9.17) is 11.6 Å². The van der Waals surface area contributed by atoms with Gasteiger partial charge in [-0.15, -0.1) is 0 Å². The van der Waals surface area contributed by atoms with Crippen molar-refractivity contribution in [1.82, 2.24) is 24.9 Å². The van der Waals surface area contributed by atoms with Gasteiger partial charge in [-0.1, -0.05) is 18.5 Å². The fraction of sp³-hybridized carbons (Fsp3) is 0.571. The summed E-state index contributed by atoms with van der Waals surface area (Å²) in [7, 11) is 1.96. The van der Waals surface area contributed by atoms with Crippen LogP contribution in [0.5, 0.6) is 0 Å². The molecule has 2 rings (SSSR count). The molecule has 0 saturated heterocycles. The second-order valence-electron chi connectivity index (χ2n) is 4.91. The van der Waals surface area contributed by atoms with E-state index < -0.39 is 0 Å². The Morgan fingerprint density at radius 1 is 1.40 bits per heavy atom. The largest absolute Gasteiger partial charge is 0.304 e. The molecule has 2 heterocycles. The molecule has 2 aromatic rings. The normalized spacial score (nSPS) is 12.8. The van der Waals surface area contributed by atoms with E-state index >= 15 is 0 Å². The molecule has 0 radical (unpaired) electrons. The Bertz CT molecular complexity index is 572. The number of aryl methyl sites for hydroxylation is 3. The van der Waals surface area contributed by atoms with Crippen molar-refractivity contribution in [3.63, 3.8) is 0 Å². The van der Waals surface area contributed by atoms with Gasteiger partial charge >= 0.3 is 0 Å². The van der Waals surface area contributed by atoms with Crippen molar-refractivity contribution in [2.45, 2.75) is 39.8 Å². The van der Waals surface area contributed by atoms with E-state index in [1.807, 2.05) is 23.3 Å². The first-order chi connectivity index (χ1) is 9.58. The number of aromatic nitrogens is 4. The number of halogens is 1. The van der Waals surface area contributed by atoms with E-state index in [0.29, 0.717) is 5.02 Å². The second kappa shape index (κ2) is 6.41. The van der Waals surface area contributed by atoms with E-state index in [0.717, 1.165) is 36.6 Å². The lowest BCUT2D eigenvalue weighted by atomic mass is 10.1. The Morgan fingerprint density at radius 2 is 2.15 bits per heavy atom. The Balaban J connectivity index is 2.46. The van der Waals surface area contributed by atoms with Gasteiger partial charge in [0.2, 0.25) is 0 Å². The highest BCUT2D eigenvalue weighted by Gasteiger charge is 2.24. The van der Waals surface area contributed by atoms with Crippen molar-refractivity contribution in [1.29, 1.82) is 0 Å². The minimum absolute atomic E-state index is 0.0103. The van der Waals surface area contributed by atoms with Crippen LogP contribution in [0.1, 0.15) is 43.4 Å². The van der Waals surface area contributed by atoms with Crippen LogP contribution in [0, 0.1) is 6.92 Å². The summed E-state index contributed by atoms with van der Waals surface area (Å²) >= 11 is 6.35.